The summed E-state index contributed by atoms with van der Waals surface area (Å²) in [6.07, 6.45) is 1.04. The van der Waals surface area contributed by atoms with Crippen LogP contribution < -0.4 is 5.32 Å². The molecular weight excluding hydrogens is 208 g/mol. The lowest BCUT2D eigenvalue weighted by atomic mass is 9.89. The first-order chi connectivity index (χ1) is 7.22. The van der Waals surface area contributed by atoms with Gasteiger partial charge in [-0.1, -0.05) is 13.8 Å². The molecule has 4 heteroatoms. The summed E-state index contributed by atoms with van der Waals surface area (Å²) < 4.78 is 5.21. The monoisotopic (exact) mass is 226 g/mol. The molecule has 84 valence electrons. The van der Waals surface area contributed by atoms with Crippen LogP contribution in [-0.2, 0) is 17.7 Å². The molecule has 1 aromatic heterocycles. The average Bonchev–Trinajstić information content (AvgIpc) is 2.63. The summed E-state index contributed by atoms with van der Waals surface area (Å²) in [5.74, 6) is 0. The van der Waals surface area contributed by atoms with E-state index in [4.69, 9.17) is 4.74 Å². The first kappa shape index (κ1) is 11.0. The molecule has 3 nitrogen and oxygen atoms in total. The van der Waals surface area contributed by atoms with Crippen LogP contribution in [0.1, 0.15) is 24.5 Å². The van der Waals surface area contributed by atoms with Gasteiger partial charge in [0, 0.05) is 23.9 Å². The molecule has 0 radical (unpaired) electrons. The van der Waals surface area contributed by atoms with E-state index in [0.717, 1.165) is 32.7 Å². The molecule has 0 amide bonds. The second kappa shape index (κ2) is 4.60. The molecule has 1 fully saturated rings. The molecule has 1 aromatic rings. The van der Waals surface area contributed by atoms with Crippen LogP contribution in [0.15, 0.2) is 5.38 Å². The Hall–Kier alpha value is -0.450. The fourth-order valence-corrected chi connectivity index (χ4v) is 2.38. The molecular formula is C11H18N2OS. The van der Waals surface area contributed by atoms with Crippen molar-refractivity contribution in [1.29, 1.82) is 0 Å². The normalized spacial score (nSPS) is 18.8. The summed E-state index contributed by atoms with van der Waals surface area (Å²) in [4.78, 5) is 4.52. The van der Waals surface area contributed by atoms with Crippen molar-refractivity contribution in [2.45, 2.75) is 26.8 Å². The van der Waals surface area contributed by atoms with E-state index in [9.17, 15) is 0 Å². The number of nitrogens with one attached hydrogen (secondary N) is 1. The number of rotatable bonds is 5. The maximum absolute atomic E-state index is 5.21. The van der Waals surface area contributed by atoms with E-state index in [2.05, 4.69) is 29.5 Å². The molecule has 0 aromatic carbocycles. The van der Waals surface area contributed by atoms with Crippen molar-refractivity contribution in [3.8, 4) is 0 Å². The van der Waals surface area contributed by atoms with Gasteiger partial charge in [-0.3, -0.25) is 0 Å². The molecule has 1 saturated heterocycles. The third kappa shape index (κ3) is 2.77. The molecule has 0 bridgehead atoms. The molecule has 1 aliphatic heterocycles. The van der Waals surface area contributed by atoms with Crippen molar-refractivity contribution in [3.05, 3.63) is 16.1 Å². The average molecular weight is 226 g/mol. The van der Waals surface area contributed by atoms with Gasteiger partial charge in [-0.15, -0.1) is 11.3 Å². The molecule has 0 atom stereocenters. The maximum Gasteiger partial charge on any atom is 0.0926 e. The van der Waals surface area contributed by atoms with Crippen molar-refractivity contribution < 1.29 is 4.74 Å². The number of hydrogen-bond acceptors (Lipinski definition) is 4. The summed E-state index contributed by atoms with van der Waals surface area (Å²) in [7, 11) is 0. The van der Waals surface area contributed by atoms with Gasteiger partial charge in [0.1, 0.15) is 0 Å². The molecule has 0 aliphatic carbocycles. The summed E-state index contributed by atoms with van der Waals surface area (Å²) in [6, 6.07) is 0. The first-order valence-electron chi connectivity index (χ1n) is 5.44. The SMILES string of the molecule is CCc1nc(CNCC2(C)COC2)cs1. The van der Waals surface area contributed by atoms with E-state index >= 15 is 0 Å². The van der Waals surface area contributed by atoms with Crippen molar-refractivity contribution >= 4 is 11.3 Å². The minimum absolute atomic E-state index is 0.351. The Morgan fingerprint density at radius 1 is 1.60 bits per heavy atom. The minimum Gasteiger partial charge on any atom is -0.380 e. The van der Waals surface area contributed by atoms with E-state index in [1.165, 1.54) is 10.7 Å². The number of nitrogens with zero attached hydrogens (tertiary/aromatic N) is 1. The zero-order chi connectivity index (χ0) is 10.7. The van der Waals surface area contributed by atoms with Gasteiger partial charge in [0.25, 0.3) is 0 Å². The molecule has 15 heavy (non-hydrogen) atoms. The van der Waals surface area contributed by atoms with Crippen LogP contribution in [0, 0.1) is 5.41 Å². The summed E-state index contributed by atoms with van der Waals surface area (Å²) in [5, 5.41) is 6.82. The van der Waals surface area contributed by atoms with Gasteiger partial charge in [0.15, 0.2) is 0 Å². The molecule has 2 heterocycles. The number of ether oxygens (including phenoxy) is 1. The summed E-state index contributed by atoms with van der Waals surface area (Å²) in [6.45, 7) is 8.07. The molecule has 0 spiro atoms. The van der Waals surface area contributed by atoms with Gasteiger partial charge in [0.2, 0.25) is 0 Å². The molecule has 1 aliphatic rings. The Labute approximate surface area is 94.9 Å². The topological polar surface area (TPSA) is 34.2 Å². The van der Waals surface area contributed by atoms with Crippen LogP contribution in [0.25, 0.3) is 0 Å². The third-order valence-electron chi connectivity index (χ3n) is 2.66. The summed E-state index contributed by atoms with van der Waals surface area (Å²) in [5.41, 5.74) is 1.52. The van der Waals surface area contributed by atoms with E-state index in [1.807, 2.05) is 0 Å². The quantitative estimate of drug-likeness (QED) is 0.831. The van der Waals surface area contributed by atoms with Crippen LogP contribution >= 0.6 is 11.3 Å². The van der Waals surface area contributed by atoms with Crippen molar-refractivity contribution in [1.82, 2.24) is 10.3 Å². The lowest BCUT2D eigenvalue weighted by molar-refractivity contribution is -0.0991. The van der Waals surface area contributed by atoms with Crippen LogP contribution in [0.3, 0.4) is 0 Å². The smallest absolute Gasteiger partial charge is 0.0926 e. The fourth-order valence-electron chi connectivity index (χ4n) is 1.64. The highest BCUT2D eigenvalue weighted by atomic mass is 32.1. The Morgan fingerprint density at radius 2 is 2.40 bits per heavy atom. The van der Waals surface area contributed by atoms with Crippen LogP contribution in [0.2, 0.25) is 0 Å². The second-order valence-corrected chi connectivity index (χ2v) is 5.44. The van der Waals surface area contributed by atoms with Gasteiger partial charge in [0.05, 0.1) is 23.9 Å². The lowest BCUT2D eigenvalue weighted by Crippen LogP contribution is -2.47. The Balaban J connectivity index is 1.73. The zero-order valence-electron chi connectivity index (χ0n) is 9.38. The number of thiazole rings is 1. The largest absolute Gasteiger partial charge is 0.380 e. The number of hydrogen-bond donors (Lipinski definition) is 1. The maximum atomic E-state index is 5.21. The van der Waals surface area contributed by atoms with Crippen molar-refractivity contribution in [2.75, 3.05) is 19.8 Å². The predicted octanol–water partition coefficient (Wildman–Crippen LogP) is 1.83. The van der Waals surface area contributed by atoms with Crippen LogP contribution in [0.5, 0.6) is 0 Å². The highest BCUT2D eigenvalue weighted by Crippen LogP contribution is 2.25. The fraction of sp³-hybridized carbons (Fsp3) is 0.727. The first-order valence-corrected chi connectivity index (χ1v) is 6.31. The Bertz CT molecular complexity index is 320. The van der Waals surface area contributed by atoms with Crippen LogP contribution in [0.4, 0.5) is 0 Å². The van der Waals surface area contributed by atoms with Crippen molar-refractivity contribution in [3.63, 3.8) is 0 Å². The minimum atomic E-state index is 0.351. The number of aryl methyl sites for hydroxylation is 1. The Kier molecular flexibility index (Phi) is 3.38. The third-order valence-corrected chi connectivity index (χ3v) is 3.70. The predicted molar refractivity (Wildman–Crippen MR) is 62.1 cm³/mol. The number of aromatic nitrogens is 1. The van der Waals surface area contributed by atoms with E-state index in [0.29, 0.717) is 5.41 Å². The van der Waals surface area contributed by atoms with E-state index in [1.54, 1.807) is 11.3 Å². The highest BCUT2D eigenvalue weighted by molar-refractivity contribution is 7.09. The highest BCUT2D eigenvalue weighted by Gasteiger charge is 2.32. The van der Waals surface area contributed by atoms with E-state index < -0.39 is 0 Å². The van der Waals surface area contributed by atoms with Gasteiger partial charge in [-0.25, -0.2) is 4.98 Å². The molecule has 0 unspecified atom stereocenters. The van der Waals surface area contributed by atoms with Gasteiger partial charge < -0.3 is 10.1 Å². The van der Waals surface area contributed by atoms with Crippen molar-refractivity contribution in [2.24, 2.45) is 5.41 Å². The zero-order valence-corrected chi connectivity index (χ0v) is 10.2. The second-order valence-electron chi connectivity index (χ2n) is 4.49. The lowest BCUT2D eigenvalue weighted by Gasteiger charge is -2.38. The summed E-state index contributed by atoms with van der Waals surface area (Å²) >= 11 is 1.75. The van der Waals surface area contributed by atoms with Crippen LogP contribution in [-0.4, -0.2) is 24.7 Å². The standard InChI is InChI=1S/C11H18N2OS/c1-3-10-13-9(5-15-10)4-12-6-11(2)7-14-8-11/h5,12H,3-4,6-8H2,1-2H3. The van der Waals surface area contributed by atoms with E-state index in [-0.39, 0.29) is 0 Å². The van der Waals surface area contributed by atoms with Gasteiger partial charge in [-0.05, 0) is 6.42 Å². The Morgan fingerprint density at radius 3 is 2.93 bits per heavy atom. The molecule has 1 N–H and O–H groups in total. The van der Waals surface area contributed by atoms with Gasteiger partial charge >= 0.3 is 0 Å². The van der Waals surface area contributed by atoms with Gasteiger partial charge in [-0.2, -0.15) is 0 Å². The molecule has 0 saturated carbocycles. The molecule has 2 rings (SSSR count).